The van der Waals surface area contributed by atoms with Gasteiger partial charge in [0.15, 0.2) is 5.96 Å². The summed E-state index contributed by atoms with van der Waals surface area (Å²) < 4.78 is 1.75. The smallest absolute Gasteiger partial charge is 0.191 e. The predicted octanol–water partition coefficient (Wildman–Crippen LogP) is 0.521. The maximum absolute atomic E-state index is 4.61. The molecule has 0 bridgehead atoms. The van der Waals surface area contributed by atoms with Gasteiger partial charge in [-0.25, -0.2) is 9.98 Å². The average Bonchev–Trinajstić information content (AvgIpc) is 2.92. The summed E-state index contributed by atoms with van der Waals surface area (Å²) in [6.45, 7) is 10.4. The molecule has 2 rings (SSSR count). The molecule has 0 saturated carbocycles. The van der Waals surface area contributed by atoms with Crippen LogP contribution in [0.5, 0.6) is 0 Å². The van der Waals surface area contributed by atoms with Crippen LogP contribution < -0.4 is 10.6 Å². The van der Waals surface area contributed by atoms with Crippen molar-refractivity contribution >= 4 is 5.96 Å². The first-order valence-electron chi connectivity index (χ1n) is 7.94. The highest BCUT2D eigenvalue weighted by molar-refractivity contribution is 5.80. The van der Waals surface area contributed by atoms with E-state index in [9.17, 15) is 0 Å². The second-order valence-corrected chi connectivity index (χ2v) is 5.50. The lowest BCUT2D eigenvalue weighted by Gasteiger charge is -2.32. The normalized spacial score (nSPS) is 17.5. The van der Waals surface area contributed by atoms with E-state index in [2.05, 4.69) is 44.1 Å². The van der Waals surface area contributed by atoms with Crippen LogP contribution >= 0.6 is 0 Å². The van der Waals surface area contributed by atoms with Crippen molar-refractivity contribution in [3.05, 3.63) is 24.8 Å². The number of aromatic nitrogens is 3. The van der Waals surface area contributed by atoms with E-state index in [1.807, 2.05) is 13.1 Å². The molecule has 2 heterocycles. The fraction of sp³-hybridized carbons (Fsp3) is 0.667. The van der Waals surface area contributed by atoms with Crippen LogP contribution in [0.1, 0.15) is 25.6 Å². The standard InChI is InChI=1S/C15H27N7/c1-4-8-22-9-6-13(7-10-22)20-15(16-5-2)17-11-14-18-12-19-21(14)3/h4,12-13H,1,5-11H2,2-3H3,(H2,16,17,20). The Labute approximate surface area is 132 Å². The van der Waals surface area contributed by atoms with Crippen LogP contribution in [-0.2, 0) is 13.6 Å². The van der Waals surface area contributed by atoms with Crippen molar-refractivity contribution in [3.63, 3.8) is 0 Å². The Bertz CT molecular complexity index is 486. The van der Waals surface area contributed by atoms with Crippen molar-refractivity contribution in [2.75, 3.05) is 26.2 Å². The average molecular weight is 305 g/mol. The van der Waals surface area contributed by atoms with Gasteiger partial charge in [0.05, 0.1) is 0 Å². The third-order valence-electron chi connectivity index (χ3n) is 3.84. The minimum absolute atomic E-state index is 0.471. The Morgan fingerprint density at radius 1 is 1.50 bits per heavy atom. The Kier molecular flexibility index (Phi) is 6.39. The lowest BCUT2D eigenvalue weighted by Crippen LogP contribution is -2.48. The fourth-order valence-electron chi connectivity index (χ4n) is 2.57. The third kappa shape index (κ3) is 4.84. The Morgan fingerprint density at radius 3 is 2.86 bits per heavy atom. The zero-order valence-corrected chi connectivity index (χ0v) is 13.6. The topological polar surface area (TPSA) is 70.4 Å². The molecule has 1 aliphatic rings. The van der Waals surface area contributed by atoms with Crippen LogP contribution in [0.15, 0.2) is 24.0 Å². The van der Waals surface area contributed by atoms with Crippen molar-refractivity contribution < 1.29 is 0 Å². The minimum atomic E-state index is 0.471. The van der Waals surface area contributed by atoms with Gasteiger partial charge in [0.25, 0.3) is 0 Å². The number of likely N-dealkylation sites (tertiary alicyclic amines) is 1. The number of piperidine rings is 1. The first-order chi connectivity index (χ1) is 10.7. The van der Waals surface area contributed by atoms with Crippen molar-refractivity contribution in [3.8, 4) is 0 Å². The molecular formula is C15H27N7. The van der Waals surface area contributed by atoms with E-state index < -0.39 is 0 Å². The van der Waals surface area contributed by atoms with E-state index in [4.69, 9.17) is 0 Å². The Morgan fingerprint density at radius 2 is 2.27 bits per heavy atom. The number of nitrogens with zero attached hydrogens (tertiary/aromatic N) is 5. The van der Waals surface area contributed by atoms with E-state index in [1.54, 1.807) is 11.0 Å². The molecule has 1 aromatic rings. The van der Waals surface area contributed by atoms with Crippen LogP contribution in [0.3, 0.4) is 0 Å². The van der Waals surface area contributed by atoms with Gasteiger partial charge in [-0.2, -0.15) is 5.10 Å². The Hall–Kier alpha value is -1.89. The van der Waals surface area contributed by atoms with Gasteiger partial charge in [0.1, 0.15) is 18.7 Å². The second kappa shape index (κ2) is 8.53. The fourth-order valence-corrected chi connectivity index (χ4v) is 2.57. The number of hydrogen-bond acceptors (Lipinski definition) is 4. The highest BCUT2D eigenvalue weighted by Crippen LogP contribution is 2.10. The zero-order valence-electron chi connectivity index (χ0n) is 13.6. The summed E-state index contributed by atoms with van der Waals surface area (Å²) in [5.41, 5.74) is 0. The van der Waals surface area contributed by atoms with Crippen LogP contribution in [0.2, 0.25) is 0 Å². The highest BCUT2D eigenvalue weighted by Gasteiger charge is 2.19. The Balaban J connectivity index is 1.86. The molecule has 7 nitrogen and oxygen atoms in total. The van der Waals surface area contributed by atoms with Crippen molar-refractivity contribution in [2.24, 2.45) is 12.0 Å². The number of nitrogens with one attached hydrogen (secondary N) is 2. The number of aliphatic imine (C=N–C) groups is 1. The van der Waals surface area contributed by atoms with Gasteiger partial charge >= 0.3 is 0 Å². The van der Waals surface area contributed by atoms with Crippen LogP contribution in [0.4, 0.5) is 0 Å². The van der Waals surface area contributed by atoms with Crippen molar-refractivity contribution in [1.82, 2.24) is 30.3 Å². The summed E-state index contributed by atoms with van der Waals surface area (Å²) >= 11 is 0. The molecule has 0 atom stereocenters. The van der Waals surface area contributed by atoms with E-state index >= 15 is 0 Å². The molecule has 0 aromatic carbocycles. The van der Waals surface area contributed by atoms with Crippen LogP contribution in [-0.4, -0.2) is 57.8 Å². The lowest BCUT2D eigenvalue weighted by molar-refractivity contribution is 0.225. The zero-order chi connectivity index (χ0) is 15.8. The SMILES string of the molecule is C=CCN1CCC(NC(=NCc2ncnn2C)NCC)CC1. The first kappa shape index (κ1) is 16.5. The molecule has 0 radical (unpaired) electrons. The van der Waals surface area contributed by atoms with E-state index in [0.717, 1.165) is 50.8 Å². The van der Waals surface area contributed by atoms with Crippen molar-refractivity contribution in [1.29, 1.82) is 0 Å². The van der Waals surface area contributed by atoms with Gasteiger partial charge < -0.3 is 10.6 Å². The van der Waals surface area contributed by atoms with Gasteiger partial charge in [-0.1, -0.05) is 6.08 Å². The largest absolute Gasteiger partial charge is 0.357 e. The summed E-state index contributed by atoms with van der Waals surface area (Å²) in [4.78, 5) is 11.2. The van der Waals surface area contributed by atoms with Crippen LogP contribution in [0.25, 0.3) is 0 Å². The van der Waals surface area contributed by atoms with Gasteiger partial charge in [-0.3, -0.25) is 9.58 Å². The predicted molar refractivity (Wildman–Crippen MR) is 88.6 cm³/mol. The molecule has 0 aliphatic carbocycles. The molecule has 0 spiro atoms. The van der Waals surface area contributed by atoms with E-state index in [0.29, 0.717) is 12.6 Å². The number of rotatable bonds is 6. The minimum Gasteiger partial charge on any atom is -0.357 e. The van der Waals surface area contributed by atoms with Crippen molar-refractivity contribution in [2.45, 2.75) is 32.4 Å². The van der Waals surface area contributed by atoms with E-state index in [-0.39, 0.29) is 0 Å². The molecule has 1 saturated heterocycles. The summed E-state index contributed by atoms with van der Waals surface area (Å²) in [6, 6.07) is 0.471. The van der Waals surface area contributed by atoms with Crippen LogP contribution in [0, 0.1) is 0 Å². The summed E-state index contributed by atoms with van der Waals surface area (Å²) in [5, 5.41) is 10.9. The summed E-state index contributed by atoms with van der Waals surface area (Å²) in [7, 11) is 1.88. The molecule has 2 N–H and O–H groups in total. The quantitative estimate of drug-likeness (QED) is 0.455. The molecule has 7 heteroatoms. The second-order valence-electron chi connectivity index (χ2n) is 5.50. The molecule has 0 unspecified atom stereocenters. The monoisotopic (exact) mass is 305 g/mol. The molecule has 0 amide bonds. The molecule has 1 fully saturated rings. The third-order valence-corrected chi connectivity index (χ3v) is 3.84. The maximum Gasteiger partial charge on any atom is 0.191 e. The maximum atomic E-state index is 4.61. The van der Waals surface area contributed by atoms with Gasteiger partial charge in [0, 0.05) is 39.3 Å². The van der Waals surface area contributed by atoms with E-state index in [1.165, 1.54) is 0 Å². The number of aryl methyl sites for hydroxylation is 1. The van der Waals surface area contributed by atoms with Gasteiger partial charge in [0.2, 0.25) is 0 Å². The molecule has 122 valence electrons. The summed E-state index contributed by atoms with van der Waals surface area (Å²) in [5.74, 6) is 1.71. The molecule has 22 heavy (non-hydrogen) atoms. The van der Waals surface area contributed by atoms with Gasteiger partial charge in [-0.05, 0) is 19.8 Å². The van der Waals surface area contributed by atoms with Gasteiger partial charge in [-0.15, -0.1) is 6.58 Å². The molecular weight excluding hydrogens is 278 g/mol. The lowest BCUT2D eigenvalue weighted by atomic mass is 10.1. The first-order valence-corrected chi connectivity index (χ1v) is 7.94. The highest BCUT2D eigenvalue weighted by atomic mass is 15.3. The number of guanidine groups is 1. The molecule has 1 aliphatic heterocycles. The molecule has 1 aromatic heterocycles. The summed E-state index contributed by atoms with van der Waals surface area (Å²) in [6.07, 6.45) is 5.78. The number of hydrogen-bond donors (Lipinski definition) is 2.